The Kier molecular flexibility index (Phi) is 2.54. The van der Waals surface area contributed by atoms with Gasteiger partial charge in [0.25, 0.3) is 0 Å². The summed E-state index contributed by atoms with van der Waals surface area (Å²) in [6, 6.07) is 6.75. The van der Waals surface area contributed by atoms with Crippen molar-refractivity contribution in [2.45, 2.75) is 18.8 Å². The third kappa shape index (κ3) is 1.80. The van der Waals surface area contributed by atoms with Gasteiger partial charge >= 0.3 is 0 Å². The highest BCUT2D eigenvalue weighted by Crippen LogP contribution is 2.45. The van der Waals surface area contributed by atoms with E-state index in [1.165, 1.54) is 24.6 Å². The summed E-state index contributed by atoms with van der Waals surface area (Å²) in [6.07, 6.45) is 2.41. The molecule has 2 nitrogen and oxygen atoms in total. The lowest BCUT2D eigenvalue weighted by atomic mass is 10.1. The molecule has 4 heteroatoms. The molecule has 1 aromatic heterocycles. The zero-order valence-corrected chi connectivity index (χ0v) is 11.0. The Morgan fingerprint density at radius 2 is 2.06 bits per heavy atom. The van der Waals surface area contributed by atoms with Crippen molar-refractivity contribution in [3.8, 4) is 11.3 Å². The maximum absolute atomic E-state index is 13.7. The van der Waals surface area contributed by atoms with Crippen molar-refractivity contribution in [3.63, 3.8) is 0 Å². The van der Waals surface area contributed by atoms with Gasteiger partial charge in [0.05, 0.1) is 10.2 Å². The van der Waals surface area contributed by atoms with Gasteiger partial charge in [-0.15, -0.1) is 0 Å². The summed E-state index contributed by atoms with van der Waals surface area (Å²) in [4.78, 5) is 0. The molecule has 0 bridgehead atoms. The first-order chi connectivity index (χ1) is 8.18. The van der Waals surface area contributed by atoms with E-state index in [0.29, 0.717) is 17.2 Å². The first-order valence-corrected chi connectivity index (χ1v) is 6.45. The van der Waals surface area contributed by atoms with E-state index in [0.717, 1.165) is 4.47 Å². The summed E-state index contributed by atoms with van der Waals surface area (Å²) in [7, 11) is 1.92. The van der Waals surface area contributed by atoms with Crippen LogP contribution in [-0.4, -0.2) is 9.78 Å². The zero-order chi connectivity index (χ0) is 12.0. The van der Waals surface area contributed by atoms with Gasteiger partial charge in [0.1, 0.15) is 11.5 Å². The van der Waals surface area contributed by atoms with Gasteiger partial charge in [0.2, 0.25) is 0 Å². The van der Waals surface area contributed by atoms with Gasteiger partial charge < -0.3 is 0 Å². The fourth-order valence-corrected chi connectivity index (χ4v) is 3.01. The molecule has 0 unspecified atom stereocenters. The van der Waals surface area contributed by atoms with Crippen molar-refractivity contribution in [1.29, 1.82) is 0 Å². The van der Waals surface area contributed by atoms with Gasteiger partial charge in [-0.05, 0) is 40.9 Å². The van der Waals surface area contributed by atoms with Crippen molar-refractivity contribution < 1.29 is 4.39 Å². The molecule has 17 heavy (non-hydrogen) atoms. The van der Waals surface area contributed by atoms with Crippen LogP contribution in [0.25, 0.3) is 11.3 Å². The van der Waals surface area contributed by atoms with Crippen LogP contribution in [0.5, 0.6) is 0 Å². The summed E-state index contributed by atoms with van der Waals surface area (Å²) in [6.45, 7) is 0. The molecule has 0 saturated heterocycles. The second-order valence-corrected chi connectivity index (χ2v) is 5.22. The van der Waals surface area contributed by atoms with E-state index in [9.17, 15) is 4.39 Å². The Morgan fingerprint density at radius 3 is 2.71 bits per heavy atom. The fourth-order valence-electron chi connectivity index (χ4n) is 2.14. The summed E-state index contributed by atoms with van der Waals surface area (Å²) in [5, 5.41) is 4.43. The molecule has 1 aliphatic rings. The Balaban J connectivity index is 2.16. The first-order valence-electron chi connectivity index (χ1n) is 5.65. The summed E-state index contributed by atoms with van der Waals surface area (Å²) in [5.41, 5.74) is 2.44. The van der Waals surface area contributed by atoms with E-state index >= 15 is 0 Å². The Bertz CT molecular complexity index is 573. The fraction of sp³-hybridized carbons (Fsp3) is 0.308. The van der Waals surface area contributed by atoms with Gasteiger partial charge in [-0.3, -0.25) is 4.68 Å². The molecule has 1 heterocycles. The molecule has 0 atom stereocenters. The molecule has 88 valence electrons. The van der Waals surface area contributed by atoms with E-state index in [1.807, 2.05) is 17.8 Å². The van der Waals surface area contributed by atoms with E-state index in [1.54, 1.807) is 12.1 Å². The number of aryl methyl sites for hydroxylation is 1. The lowest BCUT2D eigenvalue weighted by molar-refractivity contribution is 0.629. The predicted octanol–water partition coefficient (Wildman–Crippen LogP) is 3.87. The van der Waals surface area contributed by atoms with Gasteiger partial charge in [-0.25, -0.2) is 4.39 Å². The highest BCUT2D eigenvalue weighted by molar-refractivity contribution is 9.10. The van der Waals surface area contributed by atoms with Crippen LogP contribution in [0.1, 0.15) is 24.5 Å². The molecular weight excluding hydrogens is 283 g/mol. The smallest absolute Gasteiger partial charge is 0.132 e. The summed E-state index contributed by atoms with van der Waals surface area (Å²) < 4.78 is 16.5. The molecule has 1 fully saturated rings. The molecular formula is C13H12BrFN2. The summed E-state index contributed by atoms with van der Waals surface area (Å²) >= 11 is 3.56. The van der Waals surface area contributed by atoms with E-state index in [2.05, 4.69) is 21.0 Å². The molecule has 1 saturated carbocycles. The standard InChI is InChI=1S/C13H12BrFN2/c1-17-13(8-6-7-8)11(14)12(16-17)9-4-2-3-5-10(9)15/h2-5,8H,6-7H2,1H3. The molecule has 0 amide bonds. The summed E-state index contributed by atoms with van der Waals surface area (Å²) in [5.74, 6) is 0.357. The topological polar surface area (TPSA) is 17.8 Å². The van der Waals surface area contributed by atoms with E-state index in [-0.39, 0.29) is 5.82 Å². The average Bonchev–Trinajstić information content (AvgIpc) is 3.07. The highest BCUT2D eigenvalue weighted by Gasteiger charge is 2.31. The third-order valence-corrected chi connectivity index (χ3v) is 3.91. The van der Waals surface area contributed by atoms with Gasteiger partial charge in [0, 0.05) is 18.5 Å². The number of halogens is 2. The van der Waals surface area contributed by atoms with Crippen LogP contribution in [0.2, 0.25) is 0 Å². The Hall–Kier alpha value is -1.16. The van der Waals surface area contributed by atoms with Crippen molar-refractivity contribution in [2.24, 2.45) is 7.05 Å². The van der Waals surface area contributed by atoms with Crippen LogP contribution >= 0.6 is 15.9 Å². The molecule has 0 spiro atoms. The normalized spacial score (nSPS) is 15.2. The lowest BCUT2D eigenvalue weighted by Gasteiger charge is -1.99. The minimum absolute atomic E-state index is 0.228. The minimum atomic E-state index is -0.228. The largest absolute Gasteiger partial charge is 0.271 e. The maximum atomic E-state index is 13.7. The molecule has 1 aromatic carbocycles. The molecule has 0 aliphatic heterocycles. The maximum Gasteiger partial charge on any atom is 0.132 e. The van der Waals surface area contributed by atoms with Crippen molar-refractivity contribution >= 4 is 15.9 Å². The monoisotopic (exact) mass is 294 g/mol. The molecule has 3 rings (SSSR count). The van der Waals surface area contributed by atoms with Gasteiger partial charge in [-0.1, -0.05) is 12.1 Å². The quantitative estimate of drug-likeness (QED) is 0.822. The van der Waals surface area contributed by atoms with Gasteiger partial charge in [-0.2, -0.15) is 5.10 Å². The van der Waals surface area contributed by atoms with Crippen LogP contribution in [-0.2, 0) is 7.05 Å². The van der Waals surface area contributed by atoms with Crippen LogP contribution in [0.3, 0.4) is 0 Å². The SMILES string of the molecule is Cn1nc(-c2ccccc2F)c(Br)c1C1CC1. The van der Waals surface area contributed by atoms with Crippen molar-refractivity contribution in [2.75, 3.05) is 0 Å². The van der Waals surface area contributed by atoms with E-state index < -0.39 is 0 Å². The second-order valence-electron chi connectivity index (χ2n) is 4.43. The first kappa shape index (κ1) is 11.0. The third-order valence-electron chi connectivity index (χ3n) is 3.12. The number of rotatable bonds is 2. The number of nitrogens with zero attached hydrogens (tertiary/aromatic N) is 2. The van der Waals surface area contributed by atoms with Gasteiger partial charge in [0.15, 0.2) is 0 Å². The molecule has 0 radical (unpaired) electrons. The zero-order valence-electron chi connectivity index (χ0n) is 9.45. The van der Waals surface area contributed by atoms with Crippen molar-refractivity contribution in [1.82, 2.24) is 9.78 Å². The average molecular weight is 295 g/mol. The highest BCUT2D eigenvalue weighted by atomic mass is 79.9. The molecule has 2 aromatic rings. The number of hydrogen-bond acceptors (Lipinski definition) is 1. The lowest BCUT2D eigenvalue weighted by Crippen LogP contribution is -1.96. The molecule has 0 N–H and O–H groups in total. The second kappa shape index (κ2) is 3.95. The van der Waals surface area contributed by atoms with Crippen molar-refractivity contribution in [3.05, 3.63) is 40.2 Å². The number of aromatic nitrogens is 2. The Morgan fingerprint density at radius 1 is 1.35 bits per heavy atom. The Labute approximate surface area is 108 Å². The number of benzene rings is 1. The van der Waals surface area contributed by atoms with Crippen LogP contribution in [0.15, 0.2) is 28.7 Å². The van der Waals surface area contributed by atoms with Crippen LogP contribution in [0.4, 0.5) is 4.39 Å². The predicted molar refractivity (Wildman–Crippen MR) is 68.3 cm³/mol. The van der Waals surface area contributed by atoms with Crippen LogP contribution < -0.4 is 0 Å². The van der Waals surface area contributed by atoms with E-state index in [4.69, 9.17) is 0 Å². The van der Waals surface area contributed by atoms with Crippen LogP contribution in [0, 0.1) is 5.82 Å². The molecule has 1 aliphatic carbocycles. The minimum Gasteiger partial charge on any atom is -0.271 e. The number of hydrogen-bond donors (Lipinski definition) is 0.